The lowest BCUT2D eigenvalue weighted by Gasteiger charge is -2.11. The van der Waals surface area contributed by atoms with Crippen molar-refractivity contribution in [3.8, 4) is 5.69 Å². The quantitative estimate of drug-likeness (QED) is 0.495. The first kappa shape index (κ1) is 17.5. The van der Waals surface area contributed by atoms with Crippen molar-refractivity contribution in [1.82, 2.24) is 34.8 Å². The number of hydrogen-bond donors (Lipinski definition) is 0. The molecule has 11 heteroatoms. The molecule has 0 aliphatic rings. The molecule has 3 heterocycles. The minimum absolute atomic E-state index is 0.276. The van der Waals surface area contributed by atoms with Crippen LogP contribution in [0.15, 0.2) is 53.8 Å². The smallest absolute Gasteiger partial charge is 0.277 e. The van der Waals surface area contributed by atoms with E-state index in [1.54, 1.807) is 4.68 Å². The highest BCUT2D eigenvalue weighted by atomic mass is 32.2. The zero-order valence-corrected chi connectivity index (χ0v) is 14.7. The summed E-state index contributed by atoms with van der Waals surface area (Å²) >= 11 is 1.22. The highest BCUT2D eigenvalue weighted by Gasteiger charge is 2.31. The van der Waals surface area contributed by atoms with Gasteiger partial charge < -0.3 is 0 Å². The largest absolute Gasteiger partial charge is 0.417 e. The summed E-state index contributed by atoms with van der Waals surface area (Å²) in [6, 6.07) is 11.6. The molecular weight excluding hydrogens is 379 g/mol. The van der Waals surface area contributed by atoms with Crippen LogP contribution < -0.4 is 0 Å². The molecule has 3 aromatic heterocycles. The number of rotatable bonds is 4. The zero-order chi connectivity index (χ0) is 19.0. The lowest BCUT2D eigenvalue weighted by molar-refractivity contribution is -0.137. The van der Waals surface area contributed by atoms with Gasteiger partial charge in [-0.3, -0.25) is 4.40 Å². The predicted molar refractivity (Wildman–Crippen MR) is 91.4 cm³/mol. The van der Waals surface area contributed by atoms with E-state index in [4.69, 9.17) is 0 Å². The minimum atomic E-state index is -4.44. The second-order valence-corrected chi connectivity index (χ2v) is 6.98. The van der Waals surface area contributed by atoms with Crippen LogP contribution in [0.4, 0.5) is 13.2 Å². The number of nitrogens with zero attached hydrogens (tertiary/aromatic N) is 7. The number of halogens is 3. The number of pyridine rings is 1. The van der Waals surface area contributed by atoms with E-state index in [0.717, 1.165) is 18.0 Å². The van der Waals surface area contributed by atoms with Gasteiger partial charge in [-0.15, -0.1) is 15.3 Å². The fourth-order valence-corrected chi connectivity index (χ4v) is 3.45. The molecule has 0 fully saturated rings. The van der Waals surface area contributed by atoms with Crippen molar-refractivity contribution in [1.29, 1.82) is 0 Å². The summed E-state index contributed by atoms with van der Waals surface area (Å²) in [5.41, 5.74) is 0.356. The molecule has 27 heavy (non-hydrogen) atoms. The van der Waals surface area contributed by atoms with Crippen LogP contribution in [0.3, 0.4) is 0 Å². The summed E-state index contributed by atoms with van der Waals surface area (Å²) < 4.78 is 41.9. The van der Waals surface area contributed by atoms with Crippen LogP contribution in [0.1, 0.15) is 23.6 Å². The Bertz CT molecular complexity index is 1070. The molecule has 0 N–H and O–H groups in total. The van der Waals surface area contributed by atoms with Gasteiger partial charge in [0, 0.05) is 6.20 Å². The van der Waals surface area contributed by atoms with Crippen LogP contribution >= 0.6 is 11.8 Å². The molecule has 0 saturated heterocycles. The maximum absolute atomic E-state index is 13.0. The first-order chi connectivity index (χ1) is 12.9. The van der Waals surface area contributed by atoms with Gasteiger partial charge in [0.1, 0.15) is 0 Å². The Hall–Kier alpha value is -2.95. The van der Waals surface area contributed by atoms with Crippen LogP contribution in [0.2, 0.25) is 0 Å². The van der Waals surface area contributed by atoms with Gasteiger partial charge in [0.25, 0.3) is 0 Å². The Kier molecular flexibility index (Phi) is 4.30. The molecule has 0 amide bonds. The number of tetrazole rings is 1. The van der Waals surface area contributed by atoms with Gasteiger partial charge in [-0.1, -0.05) is 30.0 Å². The summed E-state index contributed by atoms with van der Waals surface area (Å²) in [4.78, 5) is 0. The molecule has 1 unspecified atom stereocenters. The predicted octanol–water partition coefficient (Wildman–Crippen LogP) is 3.58. The van der Waals surface area contributed by atoms with Crippen molar-refractivity contribution in [3.63, 3.8) is 0 Å². The van der Waals surface area contributed by atoms with Crippen LogP contribution in [0.25, 0.3) is 11.3 Å². The Balaban J connectivity index is 1.66. The van der Waals surface area contributed by atoms with E-state index in [-0.39, 0.29) is 5.25 Å². The Morgan fingerprint density at radius 1 is 1.00 bits per heavy atom. The van der Waals surface area contributed by atoms with Crippen molar-refractivity contribution in [2.45, 2.75) is 23.5 Å². The number of alkyl halides is 3. The topological polar surface area (TPSA) is 73.8 Å². The van der Waals surface area contributed by atoms with Crippen LogP contribution in [-0.4, -0.2) is 34.8 Å². The van der Waals surface area contributed by atoms with Crippen molar-refractivity contribution >= 4 is 17.4 Å². The fraction of sp³-hybridized carbons (Fsp3) is 0.188. The molecule has 0 aliphatic carbocycles. The second kappa shape index (κ2) is 6.65. The summed E-state index contributed by atoms with van der Waals surface area (Å²) in [6.45, 7) is 1.85. The van der Waals surface area contributed by atoms with Crippen molar-refractivity contribution in [2.24, 2.45) is 0 Å². The second-order valence-electron chi connectivity index (χ2n) is 5.67. The van der Waals surface area contributed by atoms with E-state index in [2.05, 4.69) is 25.7 Å². The van der Waals surface area contributed by atoms with Gasteiger partial charge in [0.05, 0.1) is 16.5 Å². The molecule has 1 aromatic carbocycles. The molecule has 0 saturated carbocycles. The van der Waals surface area contributed by atoms with Crippen molar-refractivity contribution in [2.75, 3.05) is 0 Å². The maximum Gasteiger partial charge on any atom is 0.417 e. The third kappa shape index (κ3) is 3.37. The van der Waals surface area contributed by atoms with E-state index >= 15 is 0 Å². The van der Waals surface area contributed by atoms with Crippen molar-refractivity contribution < 1.29 is 13.2 Å². The van der Waals surface area contributed by atoms with Gasteiger partial charge >= 0.3 is 6.18 Å². The molecule has 4 aromatic rings. The maximum atomic E-state index is 13.0. The van der Waals surface area contributed by atoms with Crippen LogP contribution in [-0.2, 0) is 6.18 Å². The fourth-order valence-electron chi connectivity index (χ4n) is 2.53. The number of aromatic nitrogens is 7. The minimum Gasteiger partial charge on any atom is -0.277 e. The molecule has 0 aliphatic heterocycles. The SMILES string of the molecule is CC(Sc1nnc2ccc(C(F)(F)F)cn12)c1nnnn1-c1ccccc1. The van der Waals surface area contributed by atoms with Crippen LogP contribution in [0.5, 0.6) is 0 Å². The molecule has 1 atom stereocenters. The Morgan fingerprint density at radius 3 is 2.52 bits per heavy atom. The molecular formula is C16H12F3N7S. The number of para-hydroxylation sites is 1. The third-order valence-electron chi connectivity index (χ3n) is 3.84. The third-order valence-corrected chi connectivity index (χ3v) is 4.89. The molecule has 0 spiro atoms. The zero-order valence-electron chi connectivity index (χ0n) is 13.9. The molecule has 0 radical (unpaired) electrons. The van der Waals surface area contributed by atoms with Gasteiger partial charge in [-0.25, -0.2) is 0 Å². The standard InChI is InChI=1S/C16H12F3N7S/c1-10(14-21-23-24-26(14)12-5-3-2-4-6-12)27-15-22-20-13-8-7-11(9-25(13)15)16(17,18)19/h2-10H,1H3. The normalized spacial score (nSPS) is 13.2. The number of fused-ring (bicyclic) bond motifs is 1. The number of hydrogen-bond acceptors (Lipinski definition) is 6. The van der Waals surface area contributed by atoms with E-state index in [1.807, 2.05) is 37.3 Å². The first-order valence-corrected chi connectivity index (χ1v) is 8.74. The average Bonchev–Trinajstić information content (AvgIpc) is 3.29. The Labute approximate surface area is 155 Å². The summed E-state index contributed by atoms with van der Waals surface area (Å²) in [6.07, 6.45) is -3.45. The van der Waals surface area contributed by atoms with E-state index in [0.29, 0.717) is 16.6 Å². The molecule has 4 rings (SSSR count). The Morgan fingerprint density at radius 2 is 1.78 bits per heavy atom. The first-order valence-electron chi connectivity index (χ1n) is 7.86. The lowest BCUT2D eigenvalue weighted by Crippen LogP contribution is -2.07. The molecule has 0 bridgehead atoms. The van der Waals surface area contributed by atoms with Crippen LogP contribution in [0, 0.1) is 0 Å². The van der Waals surface area contributed by atoms with E-state index < -0.39 is 11.7 Å². The summed E-state index contributed by atoms with van der Waals surface area (Å²) in [7, 11) is 0. The van der Waals surface area contributed by atoms with Crippen molar-refractivity contribution in [3.05, 3.63) is 60.0 Å². The average molecular weight is 391 g/mol. The number of benzene rings is 1. The highest BCUT2D eigenvalue weighted by molar-refractivity contribution is 7.99. The lowest BCUT2D eigenvalue weighted by atomic mass is 10.3. The summed E-state index contributed by atoms with van der Waals surface area (Å²) in [5.74, 6) is 0.551. The van der Waals surface area contributed by atoms with Gasteiger partial charge in [0.15, 0.2) is 16.6 Å². The summed E-state index contributed by atoms with van der Waals surface area (Å²) in [5, 5.41) is 19.7. The van der Waals surface area contributed by atoms with E-state index in [1.165, 1.54) is 22.2 Å². The van der Waals surface area contributed by atoms with Gasteiger partial charge in [-0.05, 0) is 41.6 Å². The monoisotopic (exact) mass is 391 g/mol. The molecule has 138 valence electrons. The van der Waals surface area contributed by atoms with Gasteiger partial charge in [0.2, 0.25) is 0 Å². The van der Waals surface area contributed by atoms with E-state index in [9.17, 15) is 13.2 Å². The number of thioether (sulfide) groups is 1. The van der Waals surface area contributed by atoms with Gasteiger partial charge in [-0.2, -0.15) is 17.9 Å². The highest BCUT2D eigenvalue weighted by Crippen LogP contribution is 2.35. The molecule has 7 nitrogen and oxygen atoms in total.